The van der Waals surface area contributed by atoms with E-state index in [4.69, 9.17) is 5.73 Å². The third-order valence-electron chi connectivity index (χ3n) is 5.72. The van der Waals surface area contributed by atoms with Gasteiger partial charge in [0.2, 0.25) is 10.0 Å². The molecule has 2 aliphatic rings. The molecule has 0 spiro atoms. The second-order valence-electron chi connectivity index (χ2n) is 7.85. The molecule has 2 aromatic rings. The number of carbonyl (C=O) groups excluding carboxylic acids is 1. The Morgan fingerprint density at radius 2 is 1.82 bits per heavy atom. The van der Waals surface area contributed by atoms with Crippen molar-refractivity contribution in [1.82, 2.24) is 4.90 Å². The fourth-order valence-electron chi connectivity index (χ4n) is 4.47. The average molecular weight is 400 g/mol. The highest BCUT2D eigenvalue weighted by atomic mass is 32.2. The zero-order valence-electron chi connectivity index (χ0n) is 16.1. The molecule has 0 saturated carbocycles. The van der Waals surface area contributed by atoms with Gasteiger partial charge < -0.3 is 10.6 Å². The molecular formula is C21H25N3O3S. The molecule has 3 atom stereocenters. The molecule has 7 heteroatoms. The molecule has 1 saturated heterocycles. The van der Waals surface area contributed by atoms with Crippen molar-refractivity contribution >= 4 is 21.6 Å². The summed E-state index contributed by atoms with van der Waals surface area (Å²) >= 11 is 0. The van der Waals surface area contributed by atoms with Crippen LogP contribution < -0.4 is 10.0 Å². The van der Waals surface area contributed by atoms with E-state index in [0.717, 1.165) is 11.1 Å². The molecule has 2 aromatic carbocycles. The summed E-state index contributed by atoms with van der Waals surface area (Å²) in [5.74, 6) is 0.0717. The Bertz CT molecular complexity index is 1010. The van der Waals surface area contributed by atoms with Gasteiger partial charge in [-0.2, -0.15) is 0 Å². The highest BCUT2D eigenvalue weighted by Crippen LogP contribution is 2.35. The van der Waals surface area contributed by atoms with Crippen molar-refractivity contribution in [2.24, 2.45) is 5.73 Å². The van der Waals surface area contributed by atoms with Crippen molar-refractivity contribution in [2.75, 3.05) is 23.7 Å². The topological polar surface area (TPSA) is 83.7 Å². The Morgan fingerprint density at radius 3 is 2.50 bits per heavy atom. The molecule has 6 nitrogen and oxygen atoms in total. The van der Waals surface area contributed by atoms with Crippen molar-refractivity contribution < 1.29 is 13.2 Å². The molecule has 0 aliphatic carbocycles. The molecule has 0 aromatic heterocycles. The number of sulfonamides is 1. The summed E-state index contributed by atoms with van der Waals surface area (Å²) in [4.78, 5) is 14.9. The second-order valence-corrected chi connectivity index (χ2v) is 9.71. The van der Waals surface area contributed by atoms with Crippen LogP contribution in [0.5, 0.6) is 0 Å². The highest BCUT2D eigenvalue weighted by Gasteiger charge is 2.36. The Morgan fingerprint density at radius 1 is 1.11 bits per heavy atom. The summed E-state index contributed by atoms with van der Waals surface area (Å²) < 4.78 is 25.6. The van der Waals surface area contributed by atoms with Gasteiger partial charge in [-0.05, 0) is 42.7 Å². The van der Waals surface area contributed by atoms with Crippen LogP contribution in [-0.4, -0.2) is 50.7 Å². The van der Waals surface area contributed by atoms with Gasteiger partial charge in [-0.3, -0.25) is 9.10 Å². The van der Waals surface area contributed by atoms with Crippen LogP contribution in [0.25, 0.3) is 0 Å². The molecule has 1 fully saturated rings. The van der Waals surface area contributed by atoms with E-state index in [1.165, 1.54) is 10.6 Å². The van der Waals surface area contributed by atoms with Crippen molar-refractivity contribution in [1.29, 1.82) is 0 Å². The van der Waals surface area contributed by atoms with Gasteiger partial charge >= 0.3 is 0 Å². The molecule has 148 valence electrons. The average Bonchev–Trinajstić information content (AvgIpc) is 3.20. The number of nitrogens with two attached hydrogens (primary N) is 1. The van der Waals surface area contributed by atoms with Crippen LogP contribution in [0.3, 0.4) is 0 Å². The fraction of sp³-hybridized carbons (Fsp3) is 0.381. The van der Waals surface area contributed by atoms with Crippen molar-refractivity contribution in [3.8, 4) is 0 Å². The van der Waals surface area contributed by atoms with Gasteiger partial charge in [0.05, 0.1) is 11.9 Å². The fourth-order valence-corrected chi connectivity index (χ4v) is 5.74. The minimum Gasteiger partial charge on any atom is -0.336 e. The first-order valence-corrected chi connectivity index (χ1v) is 11.3. The largest absolute Gasteiger partial charge is 0.336 e. The first kappa shape index (κ1) is 19.0. The number of benzene rings is 2. The number of likely N-dealkylation sites (tertiary alicyclic amines) is 1. The van der Waals surface area contributed by atoms with Gasteiger partial charge in [0.1, 0.15) is 0 Å². The lowest BCUT2D eigenvalue weighted by Gasteiger charge is -2.22. The van der Waals surface area contributed by atoms with E-state index in [1.54, 1.807) is 17.0 Å². The predicted octanol–water partition coefficient (Wildman–Crippen LogP) is 1.96. The zero-order chi connectivity index (χ0) is 20.1. The van der Waals surface area contributed by atoms with Crippen molar-refractivity contribution in [3.05, 3.63) is 65.2 Å². The van der Waals surface area contributed by atoms with E-state index < -0.39 is 10.0 Å². The third kappa shape index (κ3) is 3.29. The highest BCUT2D eigenvalue weighted by molar-refractivity contribution is 7.92. The molecule has 1 amide bonds. The van der Waals surface area contributed by atoms with Crippen LogP contribution in [0.2, 0.25) is 0 Å². The van der Waals surface area contributed by atoms with E-state index in [2.05, 4.69) is 12.1 Å². The number of amides is 1. The maximum Gasteiger partial charge on any atom is 0.253 e. The quantitative estimate of drug-likeness (QED) is 0.855. The molecule has 2 aliphatic heterocycles. The number of carbonyl (C=O) groups is 1. The molecular weight excluding hydrogens is 374 g/mol. The minimum atomic E-state index is -3.34. The van der Waals surface area contributed by atoms with Crippen molar-refractivity contribution in [2.45, 2.75) is 31.3 Å². The van der Waals surface area contributed by atoms with Crippen LogP contribution in [0, 0.1) is 0 Å². The van der Waals surface area contributed by atoms with E-state index in [0.29, 0.717) is 30.8 Å². The predicted molar refractivity (Wildman–Crippen MR) is 110 cm³/mol. The monoisotopic (exact) mass is 399 g/mol. The summed E-state index contributed by atoms with van der Waals surface area (Å²) in [7, 11) is -3.34. The Labute approximate surface area is 166 Å². The summed E-state index contributed by atoms with van der Waals surface area (Å²) in [6.07, 6.45) is 1.82. The summed E-state index contributed by atoms with van der Waals surface area (Å²) in [5, 5.41) is 0. The summed E-state index contributed by atoms with van der Waals surface area (Å²) in [6, 6.07) is 15.1. The maximum atomic E-state index is 13.1. The summed E-state index contributed by atoms with van der Waals surface area (Å²) in [6.45, 7) is 2.99. The maximum absolute atomic E-state index is 13.1. The van der Waals surface area contributed by atoms with Crippen LogP contribution >= 0.6 is 0 Å². The standard InChI is InChI=1S/C21H25N3O3S/c1-14-10-17-11-16(8-9-20(17)24(14)28(2,26)27)21(25)23-12-18(19(22)13-23)15-6-4-3-5-7-15/h3-9,11,14,18-19H,10,12-13,22H2,1-2H3/t14?,18-,19+/m0/s1. The lowest BCUT2D eigenvalue weighted by molar-refractivity contribution is 0.0789. The van der Waals surface area contributed by atoms with Gasteiger partial charge in [-0.25, -0.2) is 8.42 Å². The molecule has 2 heterocycles. The van der Waals surface area contributed by atoms with Gasteiger partial charge in [0.15, 0.2) is 0 Å². The van der Waals surface area contributed by atoms with Gasteiger partial charge in [0, 0.05) is 36.7 Å². The normalized spacial score (nSPS) is 24.5. The number of fused-ring (bicyclic) bond motifs is 1. The van der Waals surface area contributed by atoms with E-state index in [1.807, 2.05) is 31.2 Å². The van der Waals surface area contributed by atoms with Gasteiger partial charge in [-0.1, -0.05) is 30.3 Å². The number of nitrogens with zero attached hydrogens (tertiary/aromatic N) is 2. The van der Waals surface area contributed by atoms with Crippen LogP contribution in [-0.2, 0) is 16.4 Å². The molecule has 1 unspecified atom stereocenters. The first-order chi connectivity index (χ1) is 13.3. The molecule has 0 bridgehead atoms. The molecule has 2 N–H and O–H groups in total. The Kier molecular flexibility index (Phi) is 4.67. The molecule has 4 rings (SSSR count). The smallest absolute Gasteiger partial charge is 0.253 e. The van der Waals surface area contributed by atoms with Gasteiger partial charge in [-0.15, -0.1) is 0 Å². The minimum absolute atomic E-state index is 0.0536. The number of rotatable bonds is 3. The lowest BCUT2D eigenvalue weighted by Crippen LogP contribution is -2.34. The van der Waals surface area contributed by atoms with Gasteiger partial charge in [0.25, 0.3) is 5.91 Å². The second kappa shape index (κ2) is 6.90. The number of anilines is 1. The van der Waals surface area contributed by atoms with Crippen molar-refractivity contribution in [3.63, 3.8) is 0 Å². The van der Waals surface area contributed by atoms with Crippen LogP contribution in [0.15, 0.2) is 48.5 Å². The lowest BCUT2D eigenvalue weighted by atomic mass is 9.95. The summed E-state index contributed by atoms with van der Waals surface area (Å²) in [5.41, 5.74) is 9.63. The van der Waals surface area contributed by atoms with Crippen LogP contribution in [0.4, 0.5) is 5.69 Å². The van der Waals surface area contributed by atoms with E-state index in [9.17, 15) is 13.2 Å². The number of hydrogen-bond donors (Lipinski definition) is 1. The van der Waals surface area contributed by atoms with E-state index in [-0.39, 0.29) is 23.9 Å². The first-order valence-electron chi connectivity index (χ1n) is 9.48. The molecule has 28 heavy (non-hydrogen) atoms. The zero-order valence-corrected chi connectivity index (χ0v) is 16.9. The Hall–Kier alpha value is -2.38. The Balaban J connectivity index is 1.56. The van der Waals surface area contributed by atoms with E-state index >= 15 is 0 Å². The van der Waals surface area contributed by atoms with Crippen LogP contribution in [0.1, 0.15) is 34.3 Å². The third-order valence-corrected chi connectivity index (χ3v) is 6.99. The molecule has 0 radical (unpaired) electrons. The number of hydrogen-bond acceptors (Lipinski definition) is 4. The SMILES string of the molecule is CC1Cc2cc(C(=O)N3C[C@@H](N)[C@H](c4ccccc4)C3)ccc2N1S(C)(=O)=O.